The van der Waals surface area contributed by atoms with Crippen molar-refractivity contribution in [1.82, 2.24) is 4.98 Å². The van der Waals surface area contributed by atoms with E-state index in [1.54, 1.807) is 0 Å². The van der Waals surface area contributed by atoms with Crippen molar-refractivity contribution < 1.29 is 17.0 Å². The standard InChI is InChI=1S/C18H15N2.C10H8.ClH/c1-2-4-14(5-3-1)13-20-10-8-15(9-11-20)17-7-6-16-12-18(16)19-17;1-2-6-10-8-4-3-7-9(10)5-1;/h1-11H,12-13H2;1-8H;1H/q+1;;/p-1. The monoisotopic (exact) mass is 422 g/mol. The highest BCUT2D eigenvalue weighted by molar-refractivity contribution is 5.82. The molecule has 0 aliphatic heterocycles. The van der Waals surface area contributed by atoms with Gasteiger partial charge in [-0.05, 0) is 22.4 Å². The fraction of sp³-hybridized carbons (Fsp3) is 0.0714. The Labute approximate surface area is 189 Å². The van der Waals surface area contributed by atoms with Crippen LogP contribution >= 0.6 is 0 Å². The quantitative estimate of drug-likeness (QED) is 0.401. The second-order valence-corrected chi connectivity index (χ2v) is 7.57. The molecule has 0 saturated heterocycles. The Hall–Kier alpha value is -3.49. The summed E-state index contributed by atoms with van der Waals surface area (Å²) in [7, 11) is 0. The van der Waals surface area contributed by atoms with Gasteiger partial charge in [0.25, 0.3) is 0 Å². The van der Waals surface area contributed by atoms with Gasteiger partial charge in [-0.3, -0.25) is 4.98 Å². The normalized spacial score (nSPS) is 11.0. The molecule has 0 N–H and O–H groups in total. The molecule has 152 valence electrons. The van der Waals surface area contributed by atoms with Crippen molar-refractivity contribution in [3.63, 3.8) is 0 Å². The van der Waals surface area contributed by atoms with E-state index in [1.807, 2.05) is 6.07 Å². The van der Waals surface area contributed by atoms with E-state index in [0.717, 1.165) is 18.7 Å². The van der Waals surface area contributed by atoms with Gasteiger partial charge in [0.15, 0.2) is 18.9 Å². The van der Waals surface area contributed by atoms with Gasteiger partial charge in [-0.25, -0.2) is 4.57 Å². The van der Waals surface area contributed by atoms with Crippen LogP contribution in [0.15, 0.2) is 116 Å². The minimum atomic E-state index is 0. The zero-order valence-corrected chi connectivity index (χ0v) is 17.9. The number of pyridine rings is 2. The Morgan fingerprint density at radius 2 is 1.23 bits per heavy atom. The maximum atomic E-state index is 4.64. The van der Waals surface area contributed by atoms with Crippen LogP contribution in [0.2, 0.25) is 0 Å². The summed E-state index contributed by atoms with van der Waals surface area (Å²) in [5.41, 5.74) is 6.22. The highest BCUT2D eigenvalue weighted by Gasteiger charge is 2.18. The summed E-state index contributed by atoms with van der Waals surface area (Å²) < 4.78 is 2.19. The van der Waals surface area contributed by atoms with Crippen molar-refractivity contribution in [2.45, 2.75) is 13.0 Å². The minimum absolute atomic E-state index is 0. The average Bonchev–Trinajstić information content (AvgIpc) is 3.60. The van der Waals surface area contributed by atoms with Gasteiger partial charge in [0.2, 0.25) is 0 Å². The first-order valence-corrected chi connectivity index (χ1v) is 10.3. The van der Waals surface area contributed by atoms with Crippen molar-refractivity contribution in [2.24, 2.45) is 0 Å². The zero-order chi connectivity index (χ0) is 20.2. The molecule has 0 bridgehead atoms. The molecule has 1 aliphatic carbocycles. The molecule has 0 unspecified atom stereocenters. The molecule has 0 spiro atoms. The lowest BCUT2D eigenvalue weighted by molar-refractivity contribution is -0.688. The summed E-state index contributed by atoms with van der Waals surface area (Å²) in [4.78, 5) is 4.64. The second kappa shape index (κ2) is 9.55. The van der Waals surface area contributed by atoms with E-state index in [-0.39, 0.29) is 12.4 Å². The summed E-state index contributed by atoms with van der Waals surface area (Å²) >= 11 is 0. The Bertz CT molecular complexity index is 1220. The van der Waals surface area contributed by atoms with E-state index >= 15 is 0 Å². The maximum absolute atomic E-state index is 4.64. The molecule has 1 aliphatic rings. The predicted molar refractivity (Wildman–Crippen MR) is 122 cm³/mol. The summed E-state index contributed by atoms with van der Waals surface area (Å²) in [6.45, 7) is 0.902. The Kier molecular flexibility index (Phi) is 6.40. The Morgan fingerprint density at radius 3 is 1.81 bits per heavy atom. The molecule has 3 aromatic carbocycles. The van der Waals surface area contributed by atoms with Crippen molar-refractivity contribution in [3.05, 3.63) is 132 Å². The molecule has 31 heavy (non-hydrogen) atoms. The van der Waals surface area contributed by atoms with Gasteiger partial charge in [-0.1, -0.05) is 84.9 Å². The SMILES string of the molecule is [Cl-].c1ccc(C[n+]2ccc(-c3ccc4c(n3)C4)cc2)cc1.c1ccc2ccccc2c1. The molecule has 0 atom stereocenters. The third-order valence-electron chi connectivity index (χ3n) is 5.35. The summed E-state index contributed by atoms with van der Waals surface area (Å²) in [5, 5.41) is 2.62. The smallest absolute Gasteiger partial charge is 0.173 e. The number of hydrogen-bond acceptors (Lipinski definition) is 1. The third kappa shape index (κ3) is 5.17. The van der Waals surface area contributed by atoms with E-state index in [2.05, 4.69) is 119 Å². The fourth-order valence-electron chi connectivity index (χ4n) is 3.59. The van der Waals surface area contributed by atoms with Gasteiger partial charge in [0, 0.05) is 35.4 Å². The summed E-state index contributed by atoms with van der Waals surface area (Å²) in [6.07, 6.45) is 5.31. The number of benzene rings is 3. The topological polar surface area (TPSA) is 16.8 Å². The molecule has 2 heterocycles. The third-order valence-corrected chi connectivity index (χ3v) is 5.35. The molecule has 3 heteroatoms. The van der Waals surface area contributed by atoms with Crippen LogP contribution in [0.3, 0.4) is 0 Å². The van der Waals surface area contributed by atoms with Crippen LogP contribution in [0.5, 0.6) is 0 Å². The molecule has 0 saturated carbocycles. The van der Waals surface area contributed by atoms with Crippen molar-refractivity contribution in [3.8, 4) is 11.3 Å². The number of nitrogens with zero attached hydrogens (tertiary/aromatic N) is 2. The number of fused-ring (bicyclic) bond motifs is 2. The van der Waals surface area contributed by atoms with Crippen molar-refractivity contribution in [2.75, 3.05) is 0 Å². The van der Waals surface area contributed by atoms with Crippen LogP contribution in [-0.4, -0.2) is 4.98 Å². The molecular formula is C28H23ClN2. The Balaban J connectivity index is 0.000000178. The van der Waals surface area contributed by atoms with Crippen molar-refractivity contribution in [1.29, 1.82) is 0 Å². The van der Waals surface area contributed by atoms with Gasteiger partial charge in [-0.15, -0.1) is 0 Å². The zero-order valence-electron chi connectivity index (χ0n) is 17.2. The maximum Gasteiger partial charge on any atom is 0.173 e. The van der Waals surface area contributed by atoms with Crippen LogP contribution in [0, 0.1) is 0 Å². The van der Waals surface area contributed by atoms with Gasteiger partial charge in [-0.2, -0.15) is 0 Å². The number of rotatable bonds is 3. The van der Waals surface area contributed by atoms with Gasteiger partial charge < -0.3 is 12.4 Å². The second-order valence-electron chi connectivity index (χ2n) is 7.57. The molecule has 5 aromatic rings. The first-order valence-electron chi connectivity index (χ1n) is 10.3. The van der Waals surface area contributed by atoms with Crippen LogP contribution < -0.4 is 17.0 Å². The molecule has 0 fully saturated rings. The first kappa shape index (κ1) is 20.8. The summed E-state index contributed by atoms with van der Waals surface area (Å²) in [6, 6.07) is 35.8. The van der Waals surface area contributed by atoms with Gasteiger partial charge >= 0.3 is 0 Å². The predicted octanol–water partition coefficient (Wildman–Crippen LogP) is 2.83. The van der Waals surface area contributed by atoms with Crippen LogP contribution in [0.1, 0.15) is 16.8 Å². The molecule has 0 radical (unpaired) electrons. The molecule has 2 nitrogen and oxygen atoms in total. The highest BCUT2D eigenvalue weighted by atomic mass is 35.5. The lowest BCUT2D eigenvalue weighted by Gasteiger charge is -2.00. The number of aromatic nitrogens is 2. The molecule has 6 rings (SSSR count). The lowest BCUT2D eigenvalue weighted by atomic mass is 10.1. The number of halogens is 1. The molecular weight excluding hydrogens is 400 g/mol. The highest BCUT2D eigenvalue weighted by Crippen LogP contribution is 2.28. The van der Waals surface area contributed by atoms with E-state index in [4.69, 9.17) is 0 Å². The van der Waals surface area contributed by atoms with Crippen molar-refractivity contribution >= 4 is 10.8 Å². The lowest BCUT2D eigenvalue weighted by Crippen LogP contribution is -3.00. The van der Waals surface area contributed by atoms with E-state index in [0.29, 0.717) is 0 Å². The van der Waals surface area contributed by atoms with E-state index in [9.17, 15) is 0 Å². The van der Waals surface area contributed by atoms with Crippen LogP contribution in [0.4, 0.5) is 0 Å². The largest absolute Gasteiger partial charge is 1.00 e. The average molecular weight is 423 g/mol. The van der Waals surface area contributed by atoms with E-state index in [1.165, 1.54) is 33.2 Å². The molecule has 2 aromatic heterocycles. The van der Waals surface area contributed by atoms with Crippen LogP contribution in [0.25, 0.3) is 22.0 Å². The number of hydrogen-bond donors (Lipinski definition) is 0. The van der Waals surface area contributed by atoms with Gasteiger partial charge in [0.05, 0.1) is 5.69 Å². The van der Waals surface area contributed by atoms with E-state index < -0.39 is 0 Å². The molecule has 0 amide bonds. The summed E-state index contributed by atoms with van der Waals surface area (Å²) in [5.74, 6) is 0. The fourth-order valence-corrected chi connectivity index (χ4v) is 3.59. The Morgan fingerprint density at radius 1 is 0.645 bits per heavy atom. The first-order chi connectivity index (χ1) is 14.8. The minimum Gasteiger partial charge on any atom is -1.00 e. The van der Waals surface area contributed by atoms with Crippen LogP contribution in [-0.2, 0) is 13.0 Å². The van der Waals surface area contributed by atoms with Gasteiger partial charge in [0.1, 0.15) is 0 Å².